The lowest BCUT2D eigenvalue weighted by Crippen LogP contribution is -2.38. The van der Waals surface area contributed by atoms with Crippen LogP contribution in [-0.4, -0.2) is 35.3 Å². The standard InChI is InChI=1S/C49H41N3O6S2/c53-31-34-23-25-39(26-24-34)46-43(35-12-4-1-5-13-35)41(32-59-49-52-45(37-14-6-2-7-15-37)47(58-49)38-16-8-3-9-17-38)56-48(57-46)40-27-21-33(22-28-40)30-51-60(54,55)42-20-10-18-36-19-11-29-50-44(36)42/h1-29,41,43,46,48,51,53H,30-32H2. The number of ether oxygens (including phenoxy) is 2. The molecule has 0 radical (unpaired) electrons. The molecule has 1 aliphatic rings. The minimum atomic E-state index is -3.85. The average molecular weight is 832 g/mol. The Morgan fingerprint density at radius 3 is 2.02 bits per heavy atom. The first-order valence-electron chi connectivity index (χ1n) is 19.7. The van der Waals surface area contributed by atoms with Crippen LogP contribution in [0.4, 0.5) is 0 Å². The van der Waals surface area contributed by atoms with E-state index in [1.54, 1.807) is 24.4 Å². The number of benzene rings is 6. The minimum absolute atomic E-state index is 0.0632. The second kappa shape index (κ2) is 17.7. The highest BCUT2D eigenvalue weighted by Crippen LogP contribution is 2.48. The molecule has 6 aromatic carbocycles. The van der Waals surface area contributed by atoms with Crippen LogP contribution < -0.4 is 4.72 Å². The number of hydrogen-bond acceptors (Lipinski definition) is 9. The van der Waals surface area contributed by atoms with Gasteiger partial charge in [0.1, 0.15) is 10.6 Å². The Hall–Kier alpha value is -5.92. The van der Waals surface area contributed by atoms with Gasteiger partial charge >= 0.3 is 0 Å². The van der Waals surface area contributed by atoms with Gasteiger partial charge in [0.05, 0.1) is 24.3 Å². The van der Waals surface area contributed by atoms with Crippen LogP contribution in [0.5, 0.6) is 0 Å². The second-order valence-corrected chi connectivity index (χ2v) is 17.2. The number of sulfonamides is 1. The van der Waals surface area contributed by atoms with Crippen molar-refractivity contribution in [3.05, 3.63) is 204 Å². The van der Waals surface area contributed by atoms with Crippen molar-refractivity contribution in [3.63, 3.8) is 0 Å². The number of fused-ring (bicyclic) bond motifs is 1. The molecule has 1 saturated heterocycles. The molecule has 0 saturated carbocycles. The van der Waals surface area contributed by atoms with Gasteiger partial charge in [-0.2, -0.15) is 0 Å². The van der Waals surface area contributed by atoms with Crippen molar-refractivity contribution in [2.75, 3.05) is 5.75 Å². The van der Waals surface area contributed by atoms with Gasteiger partial charge in [-0.1, -0.05) is 169 Å². The van der Waals surface area contributed by atoms with Crippen molar-refractivity contribution in [1.29, 1.82) is 0 Å². The van der Waals surface area contributed by atoms with Crippen molar-refractivity contribution in [3.8, 4) is 22.6 Å². The van der Waals surface area contributed by atoms with E-state index in [0.29, 0.717) is 22.3 Å². The molecule has 1 aliphatic heterocycles. The number of pyridine rings is 1. The Balaban J connectivity index is 1.01. The van der Waals surface area contributed by atoms with Gasteiger partial charge in [0.2, 0.25) is 10.0 Å². The maximum absolute atomic E-state index is 13.4. The third-order valence-corrected chi connectivity index (χ3v) is 13.0. The molecule has 1 fully saturated rings. The van der Waals surface area contributed by atoms with Gasteiger partial charge in [-0.15, -0.1) is 0 Å². The lowest BCUT2D eigenvalue weighted by atomic mass is 9.84. The fourth-order valence-electron chi connectivity index (χ4n) is 7.59. The topological polar surface area (TPSA) is 124 Å². The monoisotopic (exact) mass is 831 g/mol. The molecule has 11 heteroatoms. The predicted molar refractivity (Wildman–Crippen MR) is 233 cm³/mol. The summed E-state index contributed by atoms with van der Waals surface area (Å²) in [6, 6.07) is 54.5. The van der Waals surface area contributed by atoms with Crippen LogP contribution in [0, 0.1) is 0 Å². The summed E-state index contributed by atoms with van der Waals surface area (Å²) < 4.78 is 50.0. The van der Waals surface area contributed by atoms with Gasteiger partial charge < -0.3 is 19.0 Å². The van der Waals surface area contributed by atoms with Gasteiger partial charge in [0.15, 0.2) is 12.1 Å². The van der Waals surface area contributed by atoms with Crippen LogP contribution in [0.3, 0.4) is 0 Å². The SMILES string of the molecule is O=S(=O)(NCc1ccc(C2OC(CSc3nc(-c4ccccc4)c(-c4ccccc4)o3)C(c3ccccc3)C(c3ccc(CO)cc3)O2)cc1)c1cccc2cccnc12. The Labute approximate surface area is 353 Å². The normalized spacial score (nSPS) is 18.1. The molecule has 9 nitrogen and oxygen atoms in total. The second-order valence-electron chi connectivity index (χ2n) is 14.5. The first-order chi connectivity index (χ1) is 29.4. The van der Waals surface area contributed by atoms with Crippen LogP contribution in [0.1, 0.15) is 46.1 Å². The zero-order valence-corrected chi connectivity index (χ0v) is 34.0. The third-order valence-electron chi connectivity index (χ3n) is 10.6. The number of rotatable bonds is 13. The van der Waals surface area contributed by atoms with Crippen molar-refractivity contribution < 1.29 is 27.4 Å². The van der Waals surface area contributed by atoms with Crippen molar-refractivity contribution in [2.45, 2.75) is 47.7 Å². The number of hydrogen-bond donors (Lipinski definition) is 2. The van der Waals surface area contributed by atoms with E-state index >= 15 is 0 Å². The molecule has 0 aliphatic carbocycles. The Bertz CT molecular complexity index is 2730. The van der Waals surface area contributed by atoms with E-state index in [2.05, 4.69) is 21.8 Å². The molecule has 4 atom stereocenters. The zero-order chi connectivity index (χ0) is 40.9. The van der Waals surface area contributed by atoms with Crippen LogP contribution in [-0.2, 0) is 32.6 Å². The summed E-state index contributed by atoms with van der Waals surface area (Å²) in [5.74, 6) is 0.980. The maximum Gasteiger partial charge on any atom is 0.256 e. The molecule has 300 valence electrons. The Kier molecular flexibility index (Phi) is 11.7. The molecule has 9 rings (SSSR count). The number of aliphatic hydroxyl groups excluding tert-OH is 1. The zero-order valence-electron chi connectivity index (χ0n) is 32.4. The average Bonchev–Trinajstić information content (AvgIpc) is 3.75. The molecule has 4 unspecified atom stereocenters. The number of nitrogens with zero attached hydrogens (tertiary/aromatic N) is 2. The molecular weight excluding hydrogens is 791 g/mol. The molecule has 2 aromatic heterocycles. The van der Waals surface area contributed by atoms with Crippen molar-refractivity contribution in [2.24, 2.45) is 0 Å². The molecule has 8 aromatic rings. The van der Waals surface area contributed by atoms with Gasteiger partial charge in [0.25, 0.3) is 5.22 Å². The van der Waals surface area contributed by atoms with Crippen LogP contribution in [0.2, 0.25) is 0 Å². The lowest BCUT2D eigenvalue weighted by Gasteiger charge is -2.43. The highest BCUT2D eigenvalue weighted by Gasteiger charge is 2.42. The number of nitrogens with one attached hydrogen (secondary N) is 1. The fourth-order valence-corrected chi connectivity index (χ4v) is 9.67. The predicted octanol–water partition coefficient (Wildman–Crippen LogP) is 10.3. The summed E-state index contributed by atoms with van der Waals surface area (Å²) in [5, 5.41) is 11.1. The summed E-state index contributed by atoms with van der Waals surface area (Å²) in [4.78, 5) is 9.48. The summed E-state index contributed by atoms with van der Waals surface area (Å²) in [5.41, 5.74) is 7.46. The smallest absolute Gasteiger partial charge is 0.256 e. The highest BCUT2D eigenvalue weighted by atomic mass is 32.2. The van der Waals surface area contributed by atoms with Crippen LogP contribution in [0.25, 0.3) is 33.5 Å². The number of para-hydroxylation sites is 1. The molecule has 2 N–H and O–H groups in total. The van der Waals surface area contributed by atoms with E-state index in [0.717, 1.165) is 50.0 Å². The summed E-state index contributed by atoms with van der Waals surface area (Å²) >= 11 is 1.50. The summed E-state index contributed by atoms with van der Waals surface area (Å²) in [6.45, 7) is 0.0197. The van der Waals surface area contributed by atoms with Crippen LogP contribution in [0.15, 0.2) is 191 Å². The molecular formula is C49H41N3O6S2. The van der Waals surface area contributed by atoms with Crippen molar-refractivity contribution >= 4 is 32.7 Å². The molecule has 60 heavy (non-hydrogen) atoms. The first kappa shape index (κ1) is 39.5. The molecule has 0 bridgehead atoms. The number of aliphatic hydroxyl groups is 1. The third kappa shape index (κ3) is 8.55. The Morgan fingerprint density at radius 2 is 1.30 bits per heavy atom. The van der Waals surface area contributed by atoms with E-state index in [9.17, 15) is 13.5 Å². The van der Waals surface area contributed by atoms with Crippen molar-refractivity contribution in [1.82, 2.24) is 14.7 Å². The molecule has 0 spiro atoms. The van der Waals surface area contributed by atoms with E-state index in [4.69, 9.17) is 18.9 Å². The van der Waals surface area contributed by atoms with Gasteiger partial charge in [0, 0.05) is 46.5 Å². The van der Waals surface area contributed by atoms with E-state index < -0.39 is 22.4 Å². The molecule has 3 heterocycles. The minimum Gasteiger partial charge on any atom is -0.431 e. The highest BCUT2D eigenvalue weighted by molar-refractivity contribution is 7.99. The van der Waals surface area contributed by atoms with Gasteiger partial charge in [-0.25, -0.2) is 18.1 Å². The molecule has 0 amide bonds. The fraction of sp³-hybridized carbons (Fsp3) is 0.143. The maximum atomic E-state index is 13.4. The largest absolute Gasteiger partial charge is 0.431 e. The van der Waals surface area contributed by atoms with Gasteiger partial charge in [-0.05, 0) is 34.4 Å². The number of oxazole rings is 1. The number of aromatic nitrogens is 2. The summed E-state index contributed by atoms with van der Waals surface area (Å²) in [7, 11) is -3.85. The number of thioether (sulfide) groups is 1. The van der Waals surface area contributed by atoms with Gasteiger partial charge in [-0.3, -0.25) is 4.98 Å². The van der Waals surface area contributed by atoms with Crippen LogP contribution >= 0.6 is 11.8 Å². The first-order valence-corrected chi connectivity index (χ1v) is 22.1. The van der Waals surface area contributed by atoms with E-state index in [1.807, 2.05) is 140 Å². The van der Waals surface area contributed by atoms with E-state index in [1.165, 1.54) is 11.8 Å². The quantitative estimate of drug-likeness (QED) is 0.109. The lowest BCUT2D eigenvalue weighted by molar-refractivity contribution is -0.255. The van der Waals surface area contributed by atoms with E-state index in [-0.39, 0.29) is 30.1 Å². The Morgan fingerprint density at radius 1 is 0.650 bits per heavy atom. The summed E-state index contributed by atoms with van der Waals surface area (Å²) in [6.07, 6.45) is 0.0450.